The molecule has 0 aliphatic heterocycles. The van der Waals surface area contributed by atoms with Crippen LogP contribution in [0.5, 0.6) is 0 Å². The normalized spacial score (nSPS) is 11.1. The number of rotatable bonds is 2. The predicted octanol–water partition coefficient (Wildman–Crippen LogP) is 1.56. The quantitative estimate of drug-likeness (QED) is 0.478. The molecule has 0 fully saturated rings. The SMILES string of the molecule is Cc1[nH]cnc1-c1nc2ccc(C(=N)N)cc2n1C. The van der Waals surface area contributed by atoms with Gasteiger partial charge in [0.2, 0.25) is 0 Å². The highest BCUT2D eigenvalue weighted by molar-refractivity contribution is 5.98. The lowest BCUT2D eigenvalue weighted by molar-refractivity contribution is 0.950. The molecular formula is C13H14N6. The van der Waals surface area contributed by atoms with Gasteiger partial charge in [0.25, 0.3) is 0 Å². The van der Waals surface area contributed by atoms with Crippen molar-refractivity contribution in [2.75, 3.05) is 0 Å². The van der Waals surface area contributed by atoms with E-state index in [0.717, 1.165) is 28.2 Å². The van der Waals surface area contributed by atoms with Gasteiger partial charge in [0.05, 0.1) is 17.4 Å². The monoisotopic (exact) mass is 254 g/mol. The van der Waals surface area contributed by atoms with Crippen LogP contribution in [0.15, 0.2) is 24.5 Å². The van der Waals surface area contributed by atoms with Crippen molar-refractivity contribution < 1.29 is 0 Å². The third kappa shape index (κ3) is 1.69. The summed E-state index contributed by atoms with van der Waals surface area (Å²) in [6.45, 7) is 1.96. The summed E-state index contributed by atoms with van der Waals surface area (Å²) in [6.07, 6.45) is 1.66. The topological polar surface area (TPSA) is 96.4 Å². The van der Waals surface area contributed by atoms with E-state index in [-0.39, 0.29) is 5.84 Å². The number of fused-ring (bicyclic) bond motifs is 1. The molecule has 0 saturated carbocycles. The number of nitrogens with two attached hydrogens (primary N) is 1. The number of nitrogens with zero attached hydrogens (tertiary/aromatic N) is 3. The van der Waals surface area contributed by atoms with Crippen LogP contribution in [-0.2, 0) is 7.05 Å². The van der Waals surface area contributed by atoms with Crippen molar-refractivity contribution in [1.29, 1.82) is 5.41 Å². The van der Waals surface area contributed by atoms with Gasteiger partial charge in [-0.05, 0) is 25.1 Å². The molecule has 0 aliphatic rings. The fraction of sp³-hybridized carbons (Fsp3) is 0.154. The summed E-state index contributed by atoms with van der Waals surface area (Å²) < 4.78 is 1.96. The summed E-state index contributed by atoms with van der Waals surface area (Å²) in [5.41, 5.74) is 9.83. The van der Waals surface area contributed by atoms with Gasteiger partial charge in [0, 0.05) is 18.3 Å². The van der Waals surface area contributed by atoms with Crippen molar-refractivity contribution in [3.8, 4) is 11.5 Å². The van der Waals surface area contributed by atoms with Crippen molar-refractivity contribution in [3.63, 3.8) is 0 Å². The molecule has 0 amide bonds. The highest BCUT2D eigenvalue weighted by Gasteiger charge is 2.14. The van der Waals surface area contributed by atoms with Crippen molar-refractivity contribution in [2.45, 2.75) is 6.92 Å². The minimum Gasteiger partial charge on any atom is -0.384 e. The van der Waals surface area contributed by atoms with Crippen molar-refractivity contribution >= 4 is 16.9 Å². The maximum atomic E-state index is 7.49. The molecule has 3 aromatic rings. The summed E-state index contributed by atoms with van der Waals surface area (Å²) in [4.78, 5) is 11.9. The van der Waals surface area contributed by atoms with E-state index in [1.54, 1.807) is 12.4 Å². The summed E-state index contributed by atoms with van der Waals surface area (Å²) in [5.74, 6) is 0.857. The molecule has 2 heterocycles. The zero-order valence-electron chi connectivity index (χ0n) is 10.7. The van der Waals surface area contributed by atoms with Crippen molar-refractivity contribution in [3.05, 3.63) is 35.8 Å². The third-order valence-electron chi connectivity index (χ3n) is 3.23. The summed E-state index contributed by atoms with van der Waals surface area (Å²) in [6, 6.07) is 5.55. The maximum absolute atomic E-state index is 7.49. The molecule has 6 heteroatoms. The Morgan fingerprint density at radius 3 is 2.84 bits per heavy atom. The number of hydrogen-bond acceptors (Lipinski definition) is 3. The average Bonchev–Trinajstić information content (AvgIpc) is 2.93. The molecule has 0 radical (unpaired) electrons. The van der Waals surface area contributed by atoms with Crippen LogP contribution in [0.4, 0.5) is 0 Å². The lowest BCUT2D eigenvalue weighted by atomic mass is 10.2. The first-order valence-electron chi connectivity index (χ1n) is 5.89. The maximum Gasteiger partial charge on any atom is 0.161 e. The van der Waals surface area contributed by atoms with Crippen LogP contribution in [0.25, 0.3) is 22.6 Å². The number of benzene rings is 1. The van der Waals surface area contributed by atoms with Gasteiger partial charge in [0.15, 0.2) is 5.82 Å². The smallest absolute Gasteiger partial charge is 0.161 e. The number of aryl methyl sites for hydroxylation is 2. The van der Waals surface area contributed by atoms with Gasteiger partial charge in [-0.25, -0.2) is 9.97 Å². The van der Waals surface area contributed by atoms with Crippen LogP contribution in [0.3, 0.4) is 0 Å². The third-order valence-corrected chi connectivity index (χ3v) is 3.23. The Morgan fingerprint density at radius 1 is 1.42 bits per heavy atom. The molecule has 0 unspecified atom stereocenters. The first-order chi connectivity index (χ1) is 9.08. The number of aromatic nitrogens is 4. The first kappa shape index (κ1) is 11.5. The number of aromatic amines is 1. The number of imidazole rings is 2. The fourth-order valence-corrected chi connectivity index (χ4v) is 2.15. The van der Waals surface area contributed by atoms with E-state index >= 15 is 0 Å². The summed E-state index contributed by atoms with van der Waals surface area (Å²) in [7, 11) is 1.93. The number of hydrogen-bond donors (Lipinski definition) is 3. The molecule has 0 aliphatic carbocycles. The average molecular weight is 254 g/mol. The molecule has 0 spiro atoms. The van der Waals surface area contributed by atoms with Gasteiger partial charge >= 0.3 is 0 Å². The van der Waals surface area contributed by atoms with E-state index in [0.29, 0.717) is 5.56 Å². The van der Waals surface area contributed by atoms with Crippen LogP contribution < -0.4 is 5.73 Å². The predicted molar refractivity (Wildman–Crippen MR) is 74.0 cm³/mol. The molecule has 0 bridgehead atoms. The molecule has 4 N–H and O–H groups in total. The molecule has 3 rings (SSSR count). The molecule has 0 atom stereocenters. The molecule has 96 valence electrons. The zero-order valence-corrected chi connectivity index (χ0v) is 10.7. The van der Waals surface area contributed by atoms with Crippen LogP contribution in [0, 0.1) is 12.3 Å². The fourth-order valence-electron chi connectivity index (χ4n) is 2.15. The Morgan fingerprint density at radius 2 is 2.21 bits per heavy atom. The summed E-state index contributed by atoms with van der Waals surface area (Å²) >= 11 is 0. The van der Waals surface area contributed by atoms with E-state index < -0.39 is 0 Å². The van der Waals surface area contributed by atoms with Gasteiger partial charge in [-0.1, -0.05) is 0 Å². The van der Waals surface area contributed by atoms with E-state index in [2.05, 4.69) is 15.0 Å². The van der Waals surface area contributed by atoms with E-state index in [1.807, 2.05) is 30.7 Å². The highest BCUT2D eigenvalue weighted by Crippen LogP contribution is 2.24. The van der Waals surface area contributed by atoms with Gasteiger partial charge in [0.1, 0.15) is 11.5 Å². The molecule has 0 saturated heterocycles. The minimum atomic E-state index is 0.0561. The minimum absolute atomic E-state index is 0.0561. The first-order valence-corrected chi connectivity index (χ1v) is 5.89. The van der Waals surface area contributed by atoms with E-state index in [9.17, 15) is 0 Å². The number of H-pyrrole nitrogens is 1. The van der Waals surface area contributed by atoms with Crippen LogP contribution in [-0.4, -0.2) is 25.4 Å². The van der Waals surface area contributed by atoms with Crippen LogP contribution in [0.2, 0.25) is 0 Å². The second-order valence-electron chi connectivity index (χ2n) is 4.49. The van der Waals surface area contributed by atoms with Crippen molar-refractivity contribution in [1.82, 2.24) is 19.5 Å². The Bertz CT molecular complexity index is 780. The molecular weight excluding hydrogens is 240 g/mol. The highest BCUT2D eigenvalue weighted by atomic mass is 15.1. The Labute approximate surface area is 109 Å². The van der Waals surface area contributed by atoms with Crippen molar-refractivity contribution in [2.24, 2.45) is 12.8 Å². The van der Waals surface area contributed by atoms with Gasteiger partial charge in [-0.2, -0.15) is 0 Å². The largest absolute Gasteiger partial charge is 0.384 e. The Balaban J connectivity index is 2.26. The molecule has 1 aromatic carbocycles. The van der Waals surface area contributed by atoms with Crippen LogP contribution in [0.1, 0.15) is 11.3 Å². The lowest BCUT2D eigenvalue weighted by Crippen LogP contribution is -2.10. The van der Waals surface area contributed by atoms with Crippen LogP contribution >= 0.6 is 0 Å². The second-order valence-corrected chi connectivity index (χ2v) is 4.49. The second kappa shape index (κ2) is 3.94. The van der Waals surface area contributed by atoms with Gasteiger partial charge in [-0.15, -0.1) is 0 Å². The number of nitrogen functional groups attached to an aromatic ring is 1. The van der Waals surface area contributed by atoms with Gasteiger partial charge in [-0.3, -0.25) is 5.41 Å². The molecule has 6 nitrogen and oxygen atoms in total. The lowest BCUT2D eigenvalue weighted by Gasteiger charge is -2.01. The van der Waals surface area contributed by atoms with E-state index in [1.165, 1.54) is 0 Å². The molecule has 19 heavy (non-hydrogen) atoms. The standard InChI is InChI=1S/C13H14N6/c1-7-11(17-6-16-7)13-18-9-4-3-8(12(14)15)5-10(9)19(13)2/h3-6H,1-2H3,(H3,14,15)(H,16,17). The Kier molecular flexibility index (Phi) is 2.38. The van der Waals surface area contributed by atoms with E-state index in [4.69, 9.17) is 11.1 Å². The number of amidine groups is 1. The summed E-state index contributed by atoms with van der Waals surface area (Å²) in [5, 5.41) is 7.49. The Hall–Kier alpha value is -2.63. The molecule has 2 aromatic heterocycles. The number of nitrogens with one attached hydrogen (secondary N) is 2. The van der Waals surface area contributed by atoms with Gasteiger partial charge < -0.3 is 15.3 Å². The zero-order chi connectivity index (χ0) is 13.6.